The van der Waals surface area contributed by atoms with Crippen molar-refractivity contribution in [1.29, 1.82) is 0 Å². The van der Waals surface area contributed by atoms with Crippen molar-refractivity contribution in [2.45, 2.75) is 20.3 Å². The number of pyridine rings is 2. The first kappa shape index (κ1) is 13.4. The zero-order valence-electron chi connectivity index (χ0n) is 13.0. The Kier molecular flexibility index (Phi) is 3.00. The summed E-state index contributed by atoms with van der Waals surface area (Å²) in [5, 5.41) is 0. The molecule has 2 aromatic rings. The van der Waals surface area contributed by atoms with Crippen LogP contribution in [0.3, 0.4) is 0 Å². The van der Waals surface area contributed by atoms with E-state index in [0.717, 1.165) is 17.8 Å². The fourth-order valence-corrected chi connectivity index (χ4v) is 3.96. The summed E-state index contributed by atoms with van der Waals surface area (Å²) in [6.45, 7) is 4.72. The van der Waals surface area contributed by atoms with Crippen LogP contribution < -0.4 is 0 Å². The molecule has 0 saturated heterocycles. The number of fused-ring (bicyclic) bond motifs is 1. The van der Waals surface area contributed by atoms with Crippen molar-refractivity contribution < 1.29 is 0 Å². The summed E-state index contributed by atoms with van der Waals surface area (Å²) in [5.74, 6) is 1.08. The summed E-state index contributed by atoms with van der Waals surface area (Å²) < 4.78 is 0. The fourth-order valence-electron chi connectivity index (χ4n) is 3.96. The van der Waals surface area contributed by atoms with Gasteiger partial charge in [0, 0.05) is 12.4 Å². The molecule has 0 N–H and O–H groups in total. The molecule has 1 saturated carbocycles. The Balaban J connectivity index is 1.73. The number of hydrogen-bond acceptors (Lipinski definition) is 2. The van der Waals surface area contributed by atoms with Crippen molar-refractivity contribution in [2.24, 2.45) is 17.3 Å². The van der Waals surface area contributed by atoms with E-state index in [9.17, 15) is 0 Å². The first-order valence-electron chi connectivity index (χ1n) is 7.92. The van der Waals surface area contributed by atoms with Gasteiger partial charge in [-0.3, -0.25) is 9.97 Å². The summed E-state index contributed by atoms with van der Waals surface area (Å²) in [7, 11) is 0. The minimum absolute atomic E-state index is 0.271. The lowest BCUT2D eigenvalue weighted by Crippen LogP contribution is -1.97. The van der Waals surface area contributed by atoms with Crippen molar-refractivity contribution in [3.63, 3.8) is 0 Å². The third-order valence-electron chi connectivity index (χ3n) is 5.09. The Hall–Kier alpha value is -2.22. The molecule has 0 bridgehead atoms. The van der Waals surface area contributed by atoms with E-state index < -0.39 is 0 Å². The van der Waals surface area contributed by atoms with Crippen molar-refractivity contribution in [3.05, 3.63) is 72.3 Å². The normalized spacial score (nSPS) is 25.5. The van der Waals surface area contributed by atoms with Gasteiger partial charge in [0.2, 0.25) is 0 Å². The Labute approximate surface area is 131 Å². The van der Waals surface area contributed by atoms with Gasteiger partial charge < -0.3 is 0 Å². The van der Waals surface area contributed by atoms with Gasteiger partial charge in [-0.2, -0.15) is 0 Å². The minimum atomic E-state index is 0.271. The zero-order chi connectivity index (χ0) is 15.2. The SMILES string of the molecule is CC1(C)C2C(c3ccccn3)=CCC=C(c3ccccn3)C21. The monoisotopic (exact) mass is 288 g/mol. The molecule has 2 atom stereocenters. The summed E-state index contributed by atoms with van der Waals surface area (Å²) in [5.41, 5.74) is 5.32. The van der Waals surface area contributed by atoms with E-state index in [-0.39, 0.29) is 5.41 Å². The predicted octanol–water partition coefficient (Wildman–Crippen LogP) is 4.62. The van der Waals surface area contributed by atoms with Crippen molar-refractivity contribution in [1.82, 2.24) is 9.97 Å². The Morgan fingerprint density at radius 3 is 1.73 bits per heavy atom. The molecule has 2 unspecified atom stereocenters. The summed E-state index contributed by atoms with van der Waals surface area (Å²) in [6.07, 6.45) is 9.44. The first-order chi connectivity index (χ1) is 10.7. The van der Waals surface area contributed by atoms with Crippen LogP contribution in [0.25, 0.3) is 11.1 Å². The van der Waals surface area contributed by atoms with Gasteiger partial charge in [-0.05, 0) is 59.1 Å². The maximum Gasteiger partial charge on any atom is 0.0661 e. The van der Waals surface area contributed by atoms with Crippen LogP contribution in [0.5, 0.6) is 0 Å². The second-order valence-electron chi connectivity index (χ2n) is 6.76. The number of allylic oxidation sites excluding steroid dienone is 4. The van der Waals surface area contributed by atoms with E-state index in [1.807, 2.05) is 24.5 Å². The molecule has 0 amide bonds. The smallest absolute Gasteiger partial charge is 0.0661 e. The molecule has 4 rings (SSSR count). The largest absolute Gasteiger partial charge is 0.257 e. The van der Waals surface area contributed by atoms with E-state index in [0.29, 0.717) is 11.8 Å². The molecule has 1 fully saturated rings. The number of nitrogens with zero attached hydrogens (tertiary/aromatic N) is 2. The fraction of sp³-hybridized carbons (Fsp3) is 0.300. The maximum atomic E-state index is 4.58. The molecule has 110 valence electrons. The molecule has 2 aliphatic carbocycles. The van der Waals surface area contributed by atoms with Crippen LogP contribution >= 0.6 is 0 Å². The van der Waals surface area contributed by atoms with E-state index in [1.165, 1.54) is 11.1 Å². The van der Waals surface area contributed by atoms with Gasteiger partial charge >= 0.3 is 0 Å². The zero-order valence-corrected chi connectivity index (χ0v) is 13.0. The summed E-state index contributed by atoms with van der Waals surface area (Å²) in [4.78, 5) is 9.15. The van der Waals surface area contributed by atoms with Crippen LogP contribution in [0, 0.1) is 17.3 Å². The van der Waals surface area contributed by atoms with Crippen LogP contribution in [0.1, 0.15) is 31.7 Å². The topological polar surface area (TPSA) is 25.8 Å². The lowest BCUT2D eigenvalue weighted by molar-refractivity contribution is 0.591. The van der Waals surface area contributed by atoms with E-state index in [2.05, 4.69) is 60.2 Å². The Bertz CT molecular complexity index is 678. The lowest BCUT2D eigenvalue weighted by atomic mass is 9.97. The highest BCUT2D eigenvalue weighted by Crippen LogP contribution is 2.68. The standard InChI is InChI=1S/C20H20N2/c1-20(2)18-14(16-10-3-5-12-21-16)8-7-9-15(19(18)20)17-11-4-6-13-22-17/h3-6,8-13,18-19H,7H2,1-2H3. The number of hydrogen-bond donors (Lipinski definition) is 0. The molecule has 0 spiro atoms. The Morgan fingerprint density at radius 1 is 0.818 bits per heavy atom. The van der Waals surface area contributed by atoms with Crippen LogP contribution in [0.2, 0.25) is 0 Å². The van der Waals surface area contributed by atoms with E-state index >= 15 is 0 Å². The molecule has 0 aliphatic heterocycles. The number of aromatic nitrogens is 2. The summed E-state index contributed by atoms with van der Waals surface area (Å²) in [6, 6.07) is 12.4. The van der Waals surface area contributed by atoms with Crippen LogP contribution in [-0.4, -0.2) is 9.97 Å². The first-order valence-corrected chi connectivity index (χ1v) is 7.92. The average Bonchev–Trinajstić information content (AvgIpc) is 3.18. The molecular formula is C20H20N2. The van der Waals surface area contributed by atoms with Gasteiger partial charge in [0.05, 0.1) is 11.4 Å². The highest BCUT2D eigenvalue weighted by atomic mass is 14.7. The summed E-state index contributed by atoms with van der Waals surface area (Å²) >= 11 is 0. The van der Waals surface area contributed by atoms with Crippen molar-refractivity contribution >= 4 is 11.1 Å². The van der Waals surface area contributed by atoms with Gasteiger partial charge in [0.1, 0.15) is 0 Å². The molecule has 0 radical (unpaired) electrons. The predicted molar refractivity (Wildman–Crippen MR) is 89.8 cm³/mol. The van der Waals surface area contributed by atoms with Crippen LogP contribution in [-0.2, 0) is 0 Å². The molecule has 2 heterocycles. The molecule has 22 heavy (non-hydrogen) atoms. The highest BCUT2D eigenvalue weighted by molar-refractivity contribution is 5.80. The molecular weight excluding hydrogens is 268 g/mol. The van der Waals surface area contributed by atoms with Gasteiger partial charge in [-0.15, -0.1) is 0 Å². The van der Waals surface area contributed by atoms with Gasteiger partial charge in [-0.25, -0.2) is 0 Å². The van der Waals surface area contributed by atoms with Gasteiger partial charge in [-0.1, -0.05) is 38.1 Å². The van der Waals surface area contributed by atoms with E-state index in [1.54, 1.807) is 0 Å². The van der Waals surface area contributed by atoms with Crippen molar-refractivity contribution in [2.75, 3.05) is 0 Å². The van der Waals surface area contributed by atoms with Crippen LogP contribution in [0.15, 0.2) is 60.9 Å². The second-order valence-corrected chi connectivity index (χ2v) is 6.76. The number of rotatable bonds is 2. The molecule has 2 nitrogen and oxygen atoms in total. The molecule has 2 heteroatoms. The third-order valence-corrected chi connectivity index (χ3v) is 5.09. The van der Waals surface area contributed by atoms with E-state index in [4.69, 9.17) is 0 Å². The molecule has 2 aromatic heterocycles. The molecule has 0 aromatic carbocycles. The second kappa shape index (κ2) is 4.91. The highest BCUT2D eigenvalue weighted by Gasteiger charge is 2.61. The average molecular weight is 288 g/mol. The third kappa shape index (κ3) is 2.02. The quantitative estimate of drug-likeness (QED) is 0.806. The van der Waals surface area contributed by atoms with Crippen LogP contribution in [0.4, 0.5) is 0 Å². The van der Waals surface area contributed by atoms with Crippen molar-refractivity contribution in [3.8, 4) is 0 Å². The maximum absolute atomic E-state index is 4.58. The minimum Gasteiger partial charge on any atom is -0.257 e. The lowest BCUT2D eigenvalue weighted by Gasteiger charge is -2.09. The Morgan fingerprint density at radius 2 is 1.32 bits per heavy atom. The molecule has 2 aliphatic rings. The van der Waals surface area contributed by atoms with Gasteiger partial charge in [0.15, 0.2) is 0 Å². The van der Waals surface area contributed by atoms with Gasteiger partial charge in [0.25, 0.3) is 0 Å².